The number of carbonyl (C=O) groups excluding carboxylic acids is 2. The summed E-state index contributed by atoms with van der Waals surface area (Å²) < 4.78 is 5.46. The first-order valence-corrected chi connectivity index (χ1v) is 8.71. The van der Waals surface area contributed by atoms with E-state index >= 15 is 0 Å². The number of aliphatic hydroxyl groups is 1. The molecule has 2 aromatic rings. The highest BCUT2D eigenvalue weighted by Gasteiger charge is 2.54. The zero-order chi connectivity index (χ0) is 19.9. The summed E-state index contributed by atoms with van der Waals surface area (Å²) in [5.74, 6) is -0.442. The fraction of sp³-hybridized carbons (Fsp3) is 0.286. The normalized spacial score (nSPS) is 19.6. The molecule has 0 radical (unpaired) electrons. The lowest BCUT2D eigenvalue weighted by atomic mass is 9.84. The van der Waals surface area contributed by atoms with Gasteiger partial charge in [0, 0.05) is 17.2 Å². The first-order valence-electron chi connectivity index (χ1n) is 8.71. The van der Waals surface area contributed by atoms with Crippen LogP contribution in [-0.2, 0) is 5.54 Å². The lowest BCUT2D eigenvalue weighted by Crippen LogP contribution is -2.66. The van der Waals surface area contributed by atoms with Gasteiger partial charge in [0.05, 0.1) is 14.0 Å². The van der Waals surface area contributed by atoms with Crippen molar-refractivity contribution in [1.82, 2.24) is 0 Å². The fourth-order valence-electron chi connectivity index (χ4n) is 3.44. The van der Waals surface area contributed by atoms with Crippen LogP contribution < -0.4 is 15.5 Å². The van der Waals surface area contributed by atoms with Crippen molar-refractivity contribution >= 4 is 23.2 Å². The minimum Gasteiger partial charge on any atom is -0.496 e. The number of ketones is 2. The molecular weight excluding hydrogens is 344 g/mol. The van der Waals surface area contributed by atoms with Crippen molar-refractivity contribution in [2.45, 2.75) is 32.2 Å². The third kappa shape index (κ3) is 2.82. The van der Waals surface area contributed by atoms with Crippen molar-refractivity contribution < 1.29 is 24.4 Å². The van der Waals surface area contributed by atoms with E-state index in [1.807, 2.05) is 26.0 Å². The van der Waals surface area contributed by atoms with E-state index in [1.165, 1.54) is 14.0 Å². The first-order chi connectivity index (χ1) is 12.7. The van der Waals surface area contributed by atoms with Crippen LogP contribution >= 0.6 is 0 Å². The average Bonchev–Trinajstić information content (AvgIpc) is 2.83. The van der Waals surface area contributed by atoms with Crippen LogP contribution in [0, 0.1) is 0 Å². The molecule has 6 nitrogen and oxygen atoms in total. The maximum absolute atomic E-state index is 13.3. The smallest absolute Gasteiger partial charge is 0.334 e. The van der Waals surface area contributed by atoms with Crippen molar-refractivity contribution in [3.05, 3.63) is 58.7 Å². The molecule has 0 amide bonds. The molecule has 2 aromatic carbocycles. The van der Waals surface area contributed by atoms with E-state index in [4.69, 9.17) is 10.5 Å². The summed E-state index contributed by atoms with van der Waals surface area (Å²) in [5, 5.41) is 9.56. The lowest BCUT2D eigenvalue weighted by molar-refractivity contribution is -0.366. The third-order valence-electron chi connectivity index (χ3n) is 4.89. The predicted octanol–water partition coefficient (Wildman–Crippen LogP) is 1.74. The number of hydrogen-bond donors (Lipinski definition) is 3. The monoisotopic (exact) mass is 367 g/mol. The molecule has 3 rings (SSSR count). The van der Waals surface area contributed by atoms with Crippen molar-refractivity contribution in [2.75, 3.05) is 7.11 Å². The Morgan fingerprint density at radius 1 is 1.19 bits per heavy atom. The molecule has 1 aliphatic carbocycles. The standard InChI is InChI=1S/C21H22N2O4/c1-11(2)13-8-9-15(17(10-13)27-4)21(22)19(25)14-6-5-7-16(23-12(3)24)18(14)20(21)26/h5-11H,22H2,1-4H3,(H,23,24)/p+1. The highest BCUT2D eigenvalue weighted by Crippen LogP contribution is 2.42. The Morgan fingerprint density at radius 2 is 1.89 bits per heavy atom. The molecule has 0 aliphatic heterocycles. The van der Waals surface area contributed by atoms with Crippen LogP contribution in [0.2, 0.25) is 0 Å². The highest BCUT2D eigenvalue weighted by molar-refractivity contribution is 6.34. The van der Waals surface area contributed by atoms with E-state index in [2.05, 4.69) is 4.99 Å². The van der Waals surface area contributed by atoms with Gasteiger partial charge < -0.3 is 15.6 Å². The molecule has 0 saturated heterocycles. The zero-order valence-electron chi connectivity index (χ0n) is 15.8. The number of fused-ring (bicyclic) bond motifs is 1. The van der Waals surface area contributed by atoms with Gasteiger partial charge in [-0.05, 0) is 17.5 Å². The molecule has 0 heterocycles. The van der Waals surface area contributed by atoms with Crippen LogP contribution in [0.5, 0.6) is 5.75 Å². The van der Waals surface area contributed by atoms with Crippen LogP contribution in [0.1, 0.15) is 58.5 Å². The van der Waals surface area contributed by atoms with Crippen LogP contribution in [0.4, 0.5) is 5.69 Å². The number of aliphatic hydroxyl groups excluding tert-OH is 1. The van der Waals surface area contributed by atoms with E-state index in [1.54, 1.807) is 24.3 Å². The molecular formula is C21H23N2O4+. The number of rotatable bonds is 4. The van der Waals surface area contributed by atoms with Crippen LogP contribution in [0.15, 0.2) is 36.4 Å². The van der Waals surface area contributed by atoms with E-state index < -0.39 is 17.1 Å². The predicted molar refractivity (Wildman–Crippen MR) is 102 cm³/mol. The average molecular weight is 367 g/mol. The molecule has 4 N–H and O–H groups in total. The van der Waals surface area contributed by atoms with Gasteiger partial charge in [-0.25, -0.2) is 0 Å². The number of benzene rings is 2. The Balaban J connectivity index is 2.22. The van der Waals surface area contributed by atoms with E-state index in [0.717, 1.165) is 5.56 Å². The lowest BCUT2D eigenvalue weighted by Gasteiger charge is -2.24. The first kappa shape index (κ1) is 18.8. The molecule has 27 heavy (non-hydrogen) atoms. The fourth-order valence-corrected chi connectivity index (χ4v) is 3.44. The molecule has 0 aromatic heterocycles. The van der Waals surface area contributed by atoms with Crippen LogP contribution in [0.3, 0.4) is 0 Å². The quantitative estimate of drug-likeness (QED) is 0.434. The summed E-state index contributed by atoms with van der Waals surface area (Å²) in [6.45, 7) is 5.53. The van der Waals surface area contributed by atoms with Gasteiger partial charge in [-0.15, -0.1) is 0 Å². The Bertz CT molecular complexity index is 974. The highest BCUT2D eigenvalue weighted by atomic mass is 16.5. The second kappa shape index (κ2) is 6.63. The Hall–Kier alpha value is -2.99. The van der Waals surface area contributed by atoms with Crippen molar-refractivity contribution in [3.8, 4) is 5.75 Å². The Labute approximate surface area is 157 Å². The van der Waals surface area contributed by atoms with Crippen molar-refractivity contribution in [2.24, 2.45) is 5.73 Å². The molecule has 0 fully saturated rings. The van der Waals surface area contributed by atoms with Gasteiger partial charge in [0.2, 0.25) is 11.5 Å². The summed E-state index contributed by atoms with van der Waals surface area (Å²) in [5.41, 5.74) is 6.66. The molecule has 140 valence electrons. The van der Waals surface area contributed by atoms with Crippen molar-refractivity contribution in [1.29, 1.82) is 0 Å². The molecule has 1 aliphatic rings. The second-order valence-corrected chi connectivity index (χ2v) is 7.02. The number of hydrogen-bond acceptors (Lipinski definition) is 4. The van der Waals surface area contributed by atoms with E-state index in [0.29, 0.717) is 17.0 Å². The second-order valence-electron chi connectivity index (χ2n) is 7.02. The van der Waals surface area contributed by atoms with Gasteiger partial charge in [-0.2, -0.15) is 4.99 Å². The SMILES string of the molecule is COc1cc(C(C)C)ccc1C1(N)C(=O)c2cccc([NH+]=C(C)O)c2C1=O. The number of nitrogens with one attached hydrogen (secondary N) is 1. The Kier molecular flexibility index (Phi) is 4.61. The number of methoxy groups -OCH3 is 1. The topological polar surface area (TPSA) is 104 Å². The maximum atomic E-state index is 13.3. The molecule has 6 heteroatoms. The number of ether oxygens (including phenoxy) is 1. The van der Waals surface area contributed by atoms with Crippen LogP contribution in [0.25, 0.3) is 0 Å². The van der Waals surface area contributed by atoms with Gasteiger partial charge in [-0.3, -0.25) is 9.59 Å². The van der Waals surface area contributed by atoms with Gasteiger partial charge in [0.1, 0.15) is 11.3 Å². The molecule has 0 spiro atoms. The largest absolute Gasteiger partial charge is 0.496 e. The van der Waals surface area contributed by atoms with Crippen molar-refractivity contribution in [3.63, 3.8) is 0 Å². The van der Waals surface area contributed by atoms with Gasteiger partial charge in [0.25, 0.3) is 0 Å². The minimum atomic E-state index is -1.87. The number of nitrogens with two attached hydrogens (primary N) is 1. The van der Waals surface area contributed by atoms with Crippen LogP contribution in [-0.4, -0.2) is 29.7 Å². The molecule has 0 bridgehead atoms. The van der Waals surface area contributed by atoms with Gasteiger partial charge in [0.15, 0.2) is 11.3 Å². The van der Waals surface area contributed by atoms with E-state index in [-0.39, 0.29) is 22.9 Å². The van der Waals surface area contributed by atoms with Gasteiger partial charge in [-0.1, -0.05) is 38.1 Å². The van der Waals surface area contributed by atoms with E-state index in [9.17, 15) is 14.7 Å². The maximum Gasteiger partial charge on any atom is 0.334 e. The molecule has 0 saturated carbocycles. The summed E-state index contributed by atoms with van der Waals surface area (Å²) in [6, 6.07) is 10.2. The summed E-state index contributed by atoms with van der Waals surface area (Å²) in [7, 11) is 1.49. The summed E-state index contributed by atoms with van der Waals surface area (Å²) >= 11 is 0. The summed E-state index contributed by atoms with van der Waals surface area (Å²) in [4.78, 5) is 29.2. The summed E-state index contributed by atoms with van der Waals surface area (Å²) in [6.07, 6.45) is 0. The van der Waals surface area contributed by atoms with Gasteiger partial charge >= 0.3 is 5.90 Å². The third-order valence-corrected chi connectivity index (χ3v) is 4.89. The molecule has 1 unspecified atom stereocenters. The minimum absolute atomic E-state index is 0.0861. The zero-order valence-corrected chi connectivity index (χ0v) is 15.8. The molecule has 1 atom stereocenters. The number of Topliss-reactive ketones (excluding diaryl/α,β-unsaturated/α-hetero) is 2. The number of carbonyl (C=O) groups is 2. The Morgan fingerprint density at radius 3 is 2.48 bits per heavy atom.